The van der Waals surface area contributed by atoms with Crippen LogP contribution in [-0.4, -0.2) is 76.6 Å². The number of carbonyl (C=O) groups excluding carboxylic acids is 1. The molecule has 0 bridgehead atoms. The molecule has 1 aliphatic rings. The molecule has 1 fully saturated rings. The summed E-state index contributed by atoms with van der Waals surface area (Å²) in [4.78, 5) is 32.2. The Kier molecular flexibility index (Phi) is 9.08. The standard InChI is InChI=1S/C31H28ClF5N6O3/c1-30(2,3)46-29(44)43-12-11-42(16-18(43)14-38-4)27-20-15-39-25(19-7-5-6-17-8-9-21(33)23(32)22(17)19)24(34)26(20)40-28(41-27)45-13-10-31(35,36)37/h5-9,15,18H,10-14,16H2,1-3H3/t18-/m0/s1. The van der Waals surface area contributed by atoms with Crippen molar-refractivity contribution in [2.24, 2.45) is 0 Å². The van der Waals surface area contributed by atoms with Gasteiger partial charge in [0, 0.05) is 36.8 Å². The van der Waals surface area contributed by atoms with E-state index in [2.05, 4.69) is 19.8 Å². The lowest BCUT2D eigenvalue weighted by atomic mass is 10.0. The minimum absolute atomic E-state index is 0.0668. The molecular formula is C31H28ClF5N6O3. The van der Waals surface area contributed by atoms with Crippen LogP contribution in [-0.2, 0) is 4.74 Å². The molecule has 0 N–H and O–H groups in total. The number of anilines is 1. The van der Waals surface area contributed by atoms with Crippen LogP contribution in [0.2, 0.25) is 5.02 Å². The predicted octanol–water partition coefficient (Wildman–Crippen LogP) is 7.45. The molecule has 1 saturated heterocycles. The fourth-order valence-electron chi connectivity index (χ4n) is 5.15. The molecule has 4 aromatic rings. The highest BCUT2D eigenvalue weighted by atomic mass is 35.5. The summed E-state index contributed by atoms with van der Waals surface area (Å²) in [6.45, 7) is 12.0. The highest BCUT2D eigenvalue weighted by Gasteiger charge is 2.37. The van der Waals surface area contributed by atoms with E-state index in [-0.39, 0.29) is 64.6 Å². The van der Waals surface area contributed by atoms with Gasteiger partial charge in [-0.25, -0.2) is 20.1 Å². The smallest absolute Gasteiger partial charge is 0.410 e. The van der Waals surface area contributed by atoms with Crippen molar-refractivity contribution in [3.05, 3.63) is 64.6 Å². The maximum atomic E-state index is 16.4. The fourth-order valence-corrected chi connectivity index (χ4v) is 5.42. The highest BCUT2D eigenvalue weighted by Crippen LogP contribution is 2.38. The van der Waals surface area contributed by atoms with Crippen molar-refractivity contribution < 1.29 is 36.2 Å². The Bertz CT molecular complexity index is 1840. The van der Waals surface area contributed by atoms with E-state index in [0.717, 1.165) is 0 Å². The van der Waals surface area contributed by atoms with Gasteiger partial charge in [0.15, 0.2) is 5.82 Å². The quantitative estimate of drug-likeness (QED) is 0.157. The number of carbonyl (C=O) groups is 1. The first-order valence-corrected chi connectivity index (χ1v) is 14.6. The zero-order valence-electron chi connectivity index (χ0n) is 25.0. The van der Waals surface area contributed by atoms with E-state index in [0.29, 0.717) is 5.39 Å². The van der Waals surface area contributed by atoms with Crippen molar-refractivity contribution in [2.45, 2.75) is 45.0 Å². The Morgan fingerprint density at radius 1 is 1.13 bits per heavy atom. The number of rotatable bonds is 6. The molecule has 46 heavy (non-hydrogen) atoms. The average Bonchev–Trinajstić information content (AvgIpc) is 2.97. The second kappa shape index (κ2) is 12.7. The maximum absolute atomic E-state index is 16.4. The minimum Gasteiger partial charge on any atom is -0.463 e. The number of halogens is 6. The SMILES string of the molecule is [C-]#[N+]C[C@H]1CN(c2nc(OCCC(F)(F)F)nc3c(F)c(-c4cccc5ccc(F)c(Cl)c45)ncc23)CCN1C(=O)OC(C)(C)C. The molecule has 0 unspecified atom stereocenters. The van der Waals surface area contributed by atoms with Gasteiger partial charge in [0.25, 0.3) is 0 Å². The summed E-state index contributed by atoms with van der Waals surface area (Å²) < 4.78 is 80.3. The number of fused-ring (bicyclic) bond motifs is 2. The maximum Gasteiger partial charge on any atom is 0.410 e. The predicted molar refractivity (Wildman–Crippen MR) is 162 cm³/mol. The molecule has 1 atom stereocenters. The molecule has 0 spiro atoms. The molecule has 1 amide bonds. The number of pyridine rings is 1. The Morgan fingerprint density at radius 2 is 1.89 bits per heavy atom. The summed E-state index contributed by atoms with van der Waals surface area (Å²) in [7, 11) is 0. The Labute approximate surface area is 265 Å². The van der Waals surface area contributed by atoms with Gasteiger partial charge in [-0.2, -0.15) is 23.1 Å². The van der Waals surface area contributed by atoms with Crippen LogP contribution in [0.15, 0.2) is 36.5 Å². The van der Waals surface area contributed by atoms with E-state index in [1.807, 2.05) is 0 Å². The van der Waals surface area contributed by atoms with Crippen molar-refractivity contribution >= 4 is 45.2 Å². The Morgan fingerprint density at radius 3 is 2.59 bits per heavy atom. The number of hydrogen-bond acceptors (Lipinski definition) is 7. The van der Waals surface area contributed by atoms with Gasteiger partial charge in [-0.3, -0.25) is 9.88 Å². The summed E-state index contributed by atoms with van der Waals surface area (Å²) in [5.41, 5.74) is -1.14. The van der Waals surface area contributed by atoms with Gasteiger partial charge in [0.2, 0.25) is 6.54 Å². The fraction of sp³-hybridized carbons (Fsp3) is 0.387. The van der Waals surface area contributed by atoms with Crippen molar-refractivity contribution in [1.29, 1.82) is 0 Å². The molecule has 0 radical (unpaired) electrons. The van der Waals surface area contributed by atoms with E-state index >= 15 is 4.39 Å². The molecule has 2 aromatic heterocycles. The van der Waals surface area contributed by atoms with Crippen molar-refractivity contribution in [1.82, 2.24) is 19.9 Å². The Balaban J connectivity index is 1.61. The molecule has 0 saturated carbocycles. The summed E-state index contributed by atoms with van der Waals surface area (Å²) in [5.74, 6) is -1.59. The van der Waals surface area contributed by atoms with Crippen LogP contribution >= 0.6 is 11.6 Å². The van der Waals surface area contributed by atoms with E-state index in [9.17, 15) is 22.4 Å². The summed E-state index contributed by atoms with van der Waals surface area (Å²) in [5, 5.41) is 0.612. The van der Waals surface area contributed by atoms with Gasteiger partial charge >= 0.3 is 18.3 Å². The number of aromatic nitrogens is 3. The molecular weight excluding hydrogens is 635 g/mol. The van der Waals surface area contributed by atoms with Crippen LogP contribution in [0.4, 0.5) is 32.6 Å². The zero-order chi connectivity index (χ0) is 33.4. The molecule has 1 aliphatic heterocycles. The van der Waals surface area contributed by atoms with Crippen LogP contribution in [0.1, 0.15) is 27.2 Å². The first-order valence-electron chi connectivity index (χ1n) is 14.2. The lowest BCUT2D eigenvalue weighted by Crippen LogP contribution is -2.57. The van der Waals surface area contributed by atoms with E-state index in [4.69, 9.17) is 27.6 Å². The molecule has 3 heterocycles. The van der Waals surface area contributed by atoms with Crippen LogP contribution < -0.4 is 9.64 Å². The largest absolute Gasteiger partial charge is 0.463 e. The first-order chi connectivity index (χ1) is 21.7. The molecule has 242 valence electrons. The zero-order valence-corrected chi connectivity index (χ0v) is 25.7. The summed E-state index contributed by atoms with van der Waals surface area (Å²) in [6, 6.07) is 6.32. The number of hydrogen-bond donors (Lipinski definition) is 0. The van der Waals surface area contributed by atoms with Crippen molar-refractivity contribution in [3.8, 4) is 17.3 Å². The molecule has 2 aromatic carbocycles. The summed E-state index contributed by atoms with van der Waals surface area (Å²) >= 11 is 6.28. The van der Waals surface area contributed by atoms with E-state index < -0.39 is 54.6 Å². The van der Waals surface area contributed by atoms with Crippen molar-refractivity contribution in [3.63, 3.8) is 0 Å². The normalized spacial score (nSPS) is 15.7. The van der Waals surface area contributed by atoms with Crippen molar-refractivity contribution in [2.75, 3.05) is 37.7 Å². The van der Waals surface area contributed by atoms with Gasteiger partial charge in [0.1, 0.15) is 41.1 Å². The second-order valence-electron chi connectivity index (χ2n) is 11.6. The molecule has 15 heteroatoms. The second-order valence-corrected chi connectivity index (χ2v) is 12.0. The lowest BCUT2D eigenvalue weighted by Gasteiger charge is -2.40. The van der Waals surface area contributed by atoms with Gasteiger partial charge in [-0.05, 0) is 32.2 Å². The molecule has 5 rings (SSSR count). The number of benzene rings is 2. The third kappa shape index (κ3) is 6.99. The monoisotopic (exact) mass is 662 g/mol. The number of nitrogens with zero attached hydrogens (tertiary/aromatic N) is 6. The van der Waals surface area contributed by atoms with Gasteiger partial charge in [-0.1, -0.05) is 35.9 Å². The van der Waals surface area contributed by atoms with Crippen LogP contribution in [0.3, 0.4) is 0 Å². The van der Waals surface area contributed by atoms with Gasteiger partial charge in [-0.15, -0.1) is 0 Å². The third-order valence-corrected chi connectivity index (χ3v) is 7.53. The number of piperazine rings is 1. The third-order valence-electron chi connectivity index (χ3n) is 7.16. The molecule has 0 aliphatic carbocycles. The van der Waals surface area contributed by atoms with E-state index in [1.165, 1.54) is 29.3 Å². The van der Waals surface area contributed by atoms with Gasteiger partial charge in [0.05, 0.1) is 16.8 Å². The highest BCUT2D eigenvalue weighted by molar-refractivity contribution is 6.36. The number of ether oxygens (including phenoxy) is 2. The minimum atomic E-state index is -4.52. The van der Waals surface area contributed by atoms with Gasteiger partial charge < -0.3 is 19.2 Å². The topological polar surface area (TPSA) is 85.0 Å². The summed E-state index contributed by atoms with van der Waals surface area (Å²) in [6.07, 6.45) is -5.11. The first kappa shape index (κ1) is 32.9. The number of alkyl halides is 3. The molecule has 9 nitrogen and oxygen atoms in total. The average molecular weight is 663 g/mol. The van der Waals surface area contributed by atoms with Crippen LogP contribution in [0, 0.1) is 18.2 Å². The number of amides is 1. The Hall–Kier alpha value is -4.51. The van der Waals surface area contributed by atoms with E-state index in [1.54, 1.807) is 37.8 Å². The van der Waals surface area contributed by atoms with Crippen LogP contribution in [0.5, 0.6) is 6.01 Å². The lowest BCUT2D eigenvalue weighted by molar-refractivity contribution is -0.139. The van der Waals surface area contributed by atoms with Crippen LogP contribution in [0.25, 0.3) is 37.8 Å².